The molecule has 3 aliphatic heterocycles. The smallest absolute Gasteiger partial charge is 0.328 e. The van der Waals surface area contributed by atoms with Crippen LogP contribution in [0.5, 0.6) is 0 Å². The van der Waals surface area contributed by atoms with Crippen LogP contribution in [0.15, 0.2) is 42.9 Å². The first-order valence-corrected chi connectivity index (χ1v) is 15.6. The molecule has 1 N–H and O–H groups in total. The Kier molecular flexibility index (Phi) is 9.96. The van der Waals surface area contributed by atoms with Gasteiger partial charge in [-0.1, -0.05) is 30.3 Å². The van der Waals surface area contributed by atoms with E-state index in [1.165, 1.54) is 7.11 Å². The van der Waals surface area contributed by atoms with Gasteiger partial charge in [-0.2, -0.15) is 0 Å². The number of carbonyl (C=O) groups is 5. The molecular formula is C32H42N6O6. The van der Waals surface area contributed by atoms with Crippen LogP contribution in [0.2, 0.25) is 0 Å². The molecule has 0 unspecified atom stereocenters. The topological polar surface area (TPSA) is 134 Å². The molecule has 0 bridgehead atoms. The van der Waals surface area contributed by atoms with E-state index in [-0.39, 0.29) is 24.1 Å². The summed E-state index contributed by atoms with van der Waals surface area (Å²) in [4.78, 5) is 75.9. The zero-order valence-electron chi connectivity index (χ0n) is 25.5. The van der Waals surface area contributed by atoms with Gasteiger partial charge in [-0.05, 0) is 50.5 Å². The lowest BCUT2D eigenvalue weighted by atomic mass is 10.1. The molecule has 44 heavy (non-hydrogen) atoms. The molecule has 4 heterocycles. The minimum absolute atomic E-state index is 0.0469. The minimum atomic E-state index is -0.933. The number of benzene rings is 1. The molecule has 4 amide bonds. The summed E-state index contributed by atoms with van der Waals surface area (Å²) in [7, 11) is 3.07. The Hall–Kier alpha value is -4.22. The number of methoxy groups -OCH3 is 1. The standard InChI is InChI=1S/C32H42N6O6/c1-35-21-33-20-23(35)19-24(32(43)44-2)34-29(40)25-11-6-17-37(25)31(42)27-13-8-18-38(27)30(41)26-12-7-16-36(26)28(39)15-14-22-9-4-3-5-10-22/h3-5,9-10,20-21,24-27H,6-8,11-19H2,1-2H3,(H,34,40)/t24-,25-,26-,27+/m0/s1. The Balaban J connectivity index is 1.22. The molecule has 12 heteroatoms. The van der Waals surface area contributed by atoms with Crippen molar-refractivity contribution in [2.75, 3.05) is 26.7 Å². The van der Waals surface area contributed by atoms with E-state index in [0.717, 1.165) is 17.7 Å². The molecule has 0 spiro atoms. The number of carbonyl (C=O) groups excluding carboxylic acids is 5. The summed E-state index contributed by atoms with van der Waals surface area (Å²) in [6.45, 7) is 1.37. The van der Waals surface area contributed by atoms with Crippen LogP contribution in [0.25, 0.3) is 0 Å². The highest BCUT2D eigenvalue weighted by molar-refractivity contribution is 5.96. The van der Waals surface area contributed by atoms with E-state index < -0.39 is 36.0 Å². The van der Waals surface area contributed by atoms with Gasteiger partial charge in [0.25, 0.3) is 0 Å². The number of hydrogen-bond donors (Lipinski definition) is 1. The first-order valence-electron chi connectivity index (χ1n) is 15.6. The third-order valence-electron chi connectivity index (χ3n) is 9.12. The van der Waals surface area contributed by atoms with Crippen LogP contribution < -0.4 is 5.32 Å². The second kappa shape index (κ2) is 14.0. The summed E-state index contributed by atoms with van der Waals surface area (Å²) < 4.78 is 6.70. The van der Waals surface area contributed by atoms with Gasteiger partial charge in [-0.15, -0.1) is 0 Å². The highest BCUT2D eigenvalue weighted by Gasteiger charge is 2.45. The normalized spacial score (nSPS) is 22.2. The van der Waals surface area contributed by atoms with E-state index in [9.17, 15) is 24.0 Å². The van der Waals surface area contributed by atoms with Crippen LogP contribution in [0.3, 0.4) is 0 Å². The van der Waals surface area contributed by atoms with Crippen molar-refractivity contribution in [3.05, 3.63) is 54.1 Å². The number of imidazole rings is 1. The van der Waals surface area contributed by atoms with Crippen LogP contribution in [-0.2, 0) is 48.6 Å². The number of likely N-dealkylation sites (tertiary alicyclic amines) is 3. The van der Waals surface area contributed by atoms with Crippen LogP contribution in [-0.4, -0.2) is 105 Å². The number of esters is 1. The fourth-order valence-electron chi connectivity index (χ4n) is 6.73. The molecule has 3 aliphatic rings. The van der Waals surface area contributed by atoms with E-state index >= 15 is 0 Å². The number of nitrogens with one attached hydrogen (secondary N) is 1. The summed E-state index contributed by atoms with van der Waals surface area (Å²) in [5, 5.41) is 2.80. The fourth-order valence-corrected chi connectivity index (χ4v) is 6.73. The molecule has 2 aromatic rings. The van der Waals surface area contributed by atoms with Crippen molar-refractivity contribution < 1.29 is 28.7 Å². The van der Waals surface area contributed by atoms with E-state index in [4.69, 9.17) is 4.74 Å². The van der Waals surface area contributed by atoms with Gasteiger partial charge in [-0.25, -0.2) is 9.78 Å². The molecule has 4 atom stereocenters. The quantitative estimate of drug-likeness (QED) is 0.402. The van der Waals surface area contributed by atoms with Crippen molar-refractivity contribution >= 4 is 29.6 Å². The second-order valence-corrected chi connectivity index (χ2v) is 11.9. The molecular weight excluding hydrogens is 564 g/mol. The van der Waals surface area contributed by atoms with E-state index in [0.29, 0.717) is 64.6 Å². The fraction of sp³-hybridized carbons (Fsp3) is 0.562. The number of aryl methyl sites for hydroxylation is 2. The van der Waals surface area contributed by atoms with Crippen molar-refractivity contribution in [1.82, 2.24) is 29.6 Å². The first kappa shape index (κ1) is 31.2. The maximum absolute atomic E-state index is 13.9. The molecule has 0 radical (unpaired) electrons. The molecule has 0 aliphatic carbocycles. The molecule has 12 nitrogen and oxygen atoms in total. The predicted octanol–water partition coefficient (Wildman–Crippen LogP) is 1.23. The van der Waals surface area contributed by atoms with E-state index in [2.05, 4.69) is 10.3 Å². The van der Waals surface area contributed by atoms with Gasteiger partial charge < -0.3 is 29.3 Å². The zero-order chi connectivity index (χ0) is 31.2. The Morgan fingerprint density at radius 1 is 0.886 bits per heavy atom. The number of rotatable bonds is 10. The largest absolute Gasteiger partial charge is 0.467 e. The van der Waals surface area contributed by atoms with Gasteiger partial charge in [0.05, 0.1) is 13.4 Å². The molecule has 1 aromatic carbocycles. The monoisotopic (exact) mass is 606 g/mol. The minimum Gasteiger partial charge on any atom is -0.467 e. The molecule has 5 rings (SSSR count). The number of nitrogens with zero attached hydrogens (tertiary/aromatic N) is 5. The SMILES string of the molecule is COC(=O)[C@H](Cc1cncn1C)NC(=O)[C@@H]1CCCN1C(=O)[C@H]1CCCN1C(=O)[C@@H]1CCCN1C(=O)CCc1ccccc1. The molecule has 0 saturated carbocycles. The van der Waals surface area contributed by atoms with E-state index in [1.807, 2.05) is 30.3 Å². The van der Waals surface area contributed by atoms with Crippen molar-refractivity contribution in [2.45, 2.75) is 82.0 Å². The number of hydrogen-bond acceptors (Lipinski definition) is 7. The van der Waals surface area contributed by atoms with Crippen molar-refractivity contribution in [3.63, 3.8) is 0 Å². The molecule has 236 valence electrons. The predicted molar refractivity (Wildman–Crippen MR) is 160 cm³/mol. The van der Waals surface area contributed by atoms with Gasteiger partial charge in [-0.3, -0.25) is 19.2 Å². The zero-order valence-corrected chi connectivity index (χ0v) is 25.5. The maximum atomic E-state index is 13.9. The summed E-state index contributed by atoms with van der Waals surface area (Å²) in [6.07, 6.45) is 7.99. The van der Waals surface area contributed by atoms with Gasteiger partial charge in [0.2, 0.25) is 23.6 Å². The number of aromatic nitrogens is 2. The average molecular weight is 607 g/mol. The summed E-state index contributed by atoms with van der Waals surface area (Å²) in [6, 6.07) is 6.88. The highest BCUT2D eigenvalue weighted by Crippen LogP contribution is 2.29. The maximum Gasteiger partial charge on any atom is 0.328 e. The second-order valence-electron chi connectivity index (χ2n) is 11.9. The van der Waals surface area contributed by atoms with E-state index in [1.54, 1.807) is 38.8 Å². The Morgan fingerprint density at radius 2 is 1.48 bits per heavy atom. The number of amides is 4. The summed E-state index contributed by atoms with van der Waals surface area (Å²) in [5.74, 6) is -1.49. The third kappa shape index (κ3) is 6.79. The molecule has 3 fully saturated rings. The van der Waals surface area contributed by atoms with Crippen molar-refractivity contribution in [1.29, 1.82) is 0 Å². The highest BCUT2D eigenvalue weighted by atomic mass is 16.5. The van der Waals surface area contributed by atoms with Gasteiger partial charge in [0.1, 0.15) is 24.2 Å². The first-order chi connectivity index (χ1) is 21.3. The summed E-state index contributed by atoms with van der Waals surface area (Å²) in [5.41, 5.74) is 1.83. The molecule has 1 aromatic heterocycles. The molecule has 3 saturated heterocycles. The van der Waals surface area contributed by atoms with Gasteiger partial charge in [0.15, 0.2) is 0 Å². The third-order valence-corrected chi connectivity index (χ3v) is 9.12. The van der Waals surface area contributed by atoms with Crippen LogP contribution in [0, 0.1) is 0 Å². The van der Waals surface area contributed by atoms with Crippen LogP contribution >= 0.6 is 0 Å². The van der Waals surface area contributed by atoms with Crippen molar-refractivity contribution in [2.24, 2.45) is 7.05 Å². The van der Waals surface area contributed by atoms with Crippen LogP contribution in [0.1, 0.15) is 56.2 Å². The van der Waals surface area contributed by atoms with Crippen LogP contribution in [0.4, 0.5) is 0 Å². The lowest BCUT2D eigenvalue weighted by Crippen LogP contribution is -2.57. The Bertz CT molecular complexity index is 1360. The number of ether oxygens (including phenoxy) is 1. The van der Waals surface area contributed by atoms with Crippen molar-refractivity contribution in [3.8, 4) is 0 Å². The average Bonchev–Trinajstić information content (AvgIpc) is 3.86. The van der Waals surface area contributed by atoms with Gasteiger partial charge >= 0.3 is 5.97 Å². The lowest BCUT2D eigenvalue weighted by molar-refractivity contribution is -0.151. The Morgan fingerprint density at radius 3 is 2.09 bits per heavy atom. The lowest BCUT2D eigenvalue weighted by Gasteiger charge is -2.34. The van der Waals surface area contributed by atoms with Gasteiger partial charge in [0, 0.05) is 51.4 Å². The summed E-state index contributed by atoms with van der Waals surface area (Å²) >= 11 is 0. The Labute approximate surface area is 257 Å².